The topological polar surface area (TPSA) is 0 Å². The fourth-order valence-electron chi connectivity index (χ4n) is 5.47. The van der Waals surface area contributed by atoms with Gasteiger partial charge in [-0.15, -0.1) is 0 Å². The van der Waals surface area contributed by atoms with Gasteiger partial charge >= 0.3 is 204 Å². The van der Waals surface area contributed by atoms with E-state index in [0.29, 0.717) is 0 Å². The zero-order chi connectivity index (χ0) is 23.6. The molecule has 0 spiro atoms. The molecule has 1 heteroatoms. The summed E-state index contributed by atoms with van der Waals surface area (Å²) in [4.78, 5) is 0. The summed E-state index contributed by atoms with van der Waals surface area (Å²) >= 11 is 0. The van der Waals surface area contributed by atoms with Crippen molar-refractivity contribution in [2.24, 2.45) is 0 Å². The van der Waals surface area contributed by atoms with Crippen LogP contribution in [0.3, 0.4) is 0 Å². The second-order valence-corrected chi connectivity index (χ2v) is 14.1. The van der Waals surface area contributed by atoms with Crippen molar-refractivity contribution in [1.82, 2.24) is 0 Å². The van der Waals surface area contributed by atoms with Gasteiger partial charge in [-0.3, -0.25) is 0 Å². The standard InChI is InChI=1S/C33H31P/c1-26-14-20-31(21-15-26)34(29-10-6-4-7-11-29,30-12-8-5-9-13-30,32-22-16-27(2)17-23-32)33-24-18-28(3)19-25-33/h4-25H,1-3H3. The minimum atomic E-state index is -3.33. The van der Waals surface area contributed by atoms with Gasteiger partial charge in [0.2, 0.25) is 0 Å². The van der Waals surface area contributed by atoms with Crippen LogP contribution in [0.15, 0.2) is 133 Å². The Morgan fingerprint density at radius 1 is 0.294 bits per heavy atom. The summed E-state index contributed by atoms with van der Waals surface area (Å²) in [6.07, 6.45) is 0. The van der Waals surface area contributed by atoms with Crippen molar-refractivity contribution in [3.63, 3.8) is 0 Å². The van der Waals surface area contributed by atoms with Crippen LogP contribution in [-0.4, -0.2) is 0 Å². The van der Waals surface area contributed by atoms with Gasteiger partial charge in [-0.25, -0.2) is 0 Å². The van der Waals surface area contributed by atoms with Crippen molar-refractivity contribution in [1.29, 1.82) is 0 Å². The van der Waals surface area contributed by atoms with Gasteiger partial charge in [0.15, 0.2) is 0 Å². The normalized spacial score (nSPS) is 12.6. The second-order valence-electron chi connectivity index (χ2n) is 9.30. The van der Waals surface area contributed by atoms with Gasteiger partial charge in [-0.05, 0) is 0 Å². The van der Waals surface area contributed by atoms with E-state index in [1.54, 1.807) is 0 Å². The fraction of sp³-hybridized carbons (Fsp3) is 0.0909. The molecule has 0 atom stereocenters. The first-order chi connectivity index (χ1) is 16.6. The summed E-state index contributed by atoms with van der Waals surface area (Å²) in [5.74, 6) is 0. The molecule has 0 bridgehead atoms. The van der Waals surface area contributed by atoms with Crippen LogP contribution in [-0.2, 0) is 0 Å². The van der Waals surface area contributed by atoms with E-state index in [1.807, 2.05) is 0 Å². The summed E-state index contributed by atoms with van der Waals surface area (Å²) in [5.41, 5.74) is 3.82. The molecule has 0 aliphatic heterocycles. The molecule has 0 amide bonds. The average Bonchev–Trinajstić information content (AvgIpc) is 2.89. The third kappa shape index (κ3) is 3.17. The molecule has 0 aromatic heterocycles. The van der Waals surface area contributed by atoms with Crippen molar-refractivity contribution < 1.29 is 0 Å². The van der Waals surface area contributed by atoms with Crippen LogP contribution in [0, 0.1) is 20.8 Å². The first-order valence-corrected chi connectivity index (χ1v) is 14.1. The Kier molecular flexibility index (Phi) is 5.72. The second kappa shape index (κ2) is 8.71. The Labute approximate surface area is 203 Å². The predicted molar refractivity (Wildman–Crippen MR) is 152 cm³/mol. The van der Waals surface area contributed by atoms with Crippen molar-refractivity contribution in [2.75, 3.05) is 0 Å². The number of aryl methyl sites for hydroxylation is 3. The Morgan fingerprint density at radius 3 is 0.794 bits per heavy atom. The van der Waals surface area contributed by atoms with E-state index in [9.17, 15) is 0 Å². The van der Waals surface area contributed by atoms with Crippen molar-refractivity contribution in [3.8, 4) is 0 Å². The van der Waals surface area contributed by atoms with Crippen molar-refractivity contribution in [2.45, 2.75) is 20.8 Å². The van der Waals surface area contributed by atoms with Gasteiger partial charge in [0.05, 0.1) is 0 Å². The maximum absolute atomic E-state index is 3.33. The Balaban J connectivity index is 2.12. The van der Waals surface area contributed by atoms with E-state index in [2.05, 4.69) is 154 Å². The van der Waals surface area contributed by atoms with Gasteiger partial charge in [0, 0.05) is 0 Å². The monoisotopic (exact) mass is 458 g/mol. The molecule has 0 radical (unpaired) electrons. The SMILES string of the molecule is Cc1ccc(P(c2ccccc2)(c2ccccc2)(c2ccc(C)cc2)c2ccc(C)cc2)cc1. The molecule has 5 aromatic carbocycles. The molecule has 0 nitrogen and oxygen atoms in total. The van der Waals surface area contributed by atoms with E-state index >= 15 is 0 Å². The number of rotatable bonds is 5. The first-order valence-electron chi connectivity index (χ1n) is 11.9. The average molecular weight is 459 g/mol. The van der Waals surface area contributed by atoms with E-state index in [4.69, 9.17) is 0 Å². The fourth-order valence-corrected chi connectivity index (χ4v) is 12.2. The summed E-state index contributed by atoms with van der Waals surface area (Å²) in [5, 5.41) is 6.80. The third-order valence-corrected chi connectivity index (χ3v) is 13.9. The molecular weight excluding hydrogens is 427 g/mol. The molecule has 0 unspecified atom stereocenters. The van der Waals surface area contributed by atoms with Crippen LogP contribution < -0.4 is 26.5 Å². The van der Waals surface area contributed by atoms with Crippen LogP contribution in [0.1, 0.15) is 16.7 Å². The quantitative estimate of drug-likeness (QED) is 0.280. The van der Waals surface area contributed by atoms with E-state index in [-0.39, 0.29) is 0 Å². The predicted octanol–water partition coefficient (Wildman–Crippen LogP) is 6.09. The van der Waals surface area contributed by atoms with E-state index in [0.717, 1.165) is 0 Å². The molecule has 0 N–H and O–H groups in total. The van der Waals surface area contributed by atoms with Crippen LogP contribution in [0.25, 0.3) is 0 Å². The third-order valence-electron chi connectivity index (χ3n) is 7.20. The number of benzene rings is 5. The molecule has 0 saturated heterocycles. The minimum absolute atomic E-state index is 1.27. The summed E-state index contributed by atoms with van der Waals surface area (Å²) in [6.45, 7) is 3.17. The van der Waals surface area contributed by atoms with Crippen molar-refractivity contribution in [3.05, 3.63) is 150 Å². The Bertz CT molecular complexity index is 1230. The van der Waals surface area contributed by atoms with E-state index in [1.165, 1.54) is 43.2 Å². The molecule has 34 heavy (non-hydrogen) atoms. The molecule has 0 saturated carbocycles. The molecule has 168 valence electrons. The zero-order valence-corrected chi connectivity index (χ0v) is 21.0. The van der Waals surface area contributed by atoms with E-state index < -0.39 is 6.60 Å². The molecule has 5 aromatic rings. The van der Waals surface area contributed by atoms with Gasteiger partial charge < -0.3 is 0 Å². The van der Waals surface area contributed by atoms with Gasteiger partial charge in [0.1, 0.15) is 0 Å². The van der Waals surface area contributed by atoms with Crippen LogP contribution in [0.2, 0.25) is 0 Å². The Hall–Kier alpha value is -3.47. The molecule has 0 fully saturated rings. The maximum atomic E-state index is 2.37. The van der Waals surface area contributed by atoms with Crippen LogP contribution >= 0.6 is 6.60 Å². The van der Waals surface area contributed by atoms with Gasteiger partial charge in [0.25, 0.3) is 0 Å². The number of hydrogen-bond acceptors (Lipinski definition) is 0. The summed E-state index contributed by atoms with van der Waals surface area (Å²) < 4.78 is 0. The summed E-state index contributed by atoms with van der Waals surface area (Å²) in [6, 6.07) is 50.2. The van der Waals surface area contributed by atoms with Gasteiger partial charge in [-0.1, -0.05) is 0 Å². The molecule has 0 aliphatic carbocycles. The molecule has 0 heterocycles. The van der Waals surface area contributed by atoms with Gasteiger partial charge in [-0.2, -0.15) is 0 Å². The Morgan fingerprint density at radius 2 is 0.529 bits per heavy atom. The van der Waals surface area contributed by atoms with Crippen LogP contribution in [0.5, 0.6) is 0 Å². The molecule has 5 rings (SSSR count). The number of hydrogen-bond donors (Lipinski definition) is 0. The van der Waals surface area contributed by atoms with Crippen LogP contribution in [0.4, 0.5) is 0 Å². The summed E-state index contributed by atoms with van der Waals surface area (Å²) in [7, 11) is 0. The zero-order valence-electron chi connectivity index (χ0n) is 20.1. The molecular formula is C33H31P. The first kappa shape index (κ1) is 22.3. The van der Waals surface area contributed by atoms with Crippen molar-refractivity contribution >= 4 is 33.1 Å². The molecule has 0 aliphatic rings.